The second-order valence-electron chi connectivity index (χ2n) is 4.80. The van der Waals surface area contributed by atoms with Crippen LogP contribution in [0.25, 0.3) is 11.2 Å². The predicted octanol–water partition coefficient (Wildman–Crippen LogP) is 2.77. The minimum absolute atomic E-state index is 0.0845. The number of pyridine rings is 1. The van der Waals surface area contributed by atoms with E-state index in [4.69, 9.17) is 0 Å². The molecule has 114 valence electrons. The molecule has 0 saturated heterocycles. The van der Waals surface area contributed by atoms with Gasteiger partial charge in [-0.2, -0.15) is 0 Å². The van der Waals surface area contributed by atoms with E-state index in [1.54, 1.807) is 6.20 Å². The third-order valence-corrected chi connectivity index (χ3v) is 5.21. The number of carbonyl (C=O) groups excluding carboxylic acids is 1. The van der Waals surface area contributed by atoms with E-state index in [0.29, 0.717) is 5.13 Å². The molecule has 0 atom stereocenters. The van der Waals surface area contributed by atoms with Crippen molar-refractivity contribution >= 4 is 45.3 Å². The van der Waals surface area contributed by atoms with Crippen LogP contribution < -0.4 is 5.32 Å². The van der Waals surface area contributed by atoms with Crippen LogP contribution >= 0.6 is 23.1 Å². The topological polar surface area (TPSA) is 72.7 Å². The Morgan fingerprint density at radius 2 is 2.23 bits per heavy atom. The van der Waals surface area contributed by atoms with Crippen LogP contribution in [0.5, 0.6) is 0 Å². The summed E-state index contributed by atoms with van der Waals surface area (Å²) in [5, 5.41) is 4.24. The molecule has 0 aliphatic rings. The van der Waals surface area contributed by atoms with Crippen LogP contribution in [-0.4, -0.2) is 31.2 Å². The first-order chi connectivity index (χ1) is 10.5. The number of hydrogen-bond donors (Lipinski definition) is 1. The Hall–Kier alpha value is -1.93. The van der Waals surface area contributed by atoms with Gasteiger partial charge in [0.15, 0.2) is 15.9 Å². The molecule has 8 heteroatoms. The lowest BCUT2D eigenvalue weighted by Crippen LogP contribution is -2.14. The molecule has 0 aromatic carbocycles. The van der Waals surface area contributed by atoms with Gasteiger partial charge in [0.05, 0.1) is 11.4 Å². The molecular formula is C14H15N5OS2. The molecular weight excluding hydrogens is 318 g/mol. The van der Waals surface area contributed by atoms with E-state index in [0.717, 1.165) is 26.9 Å². The summed E-state index contributed by atoms with van der Waals surface area (Å²) in [7, 11) is 1.90. The summed E-state index contributed by atoms with van der Waals surface area (Å²) < 4.78 is 1.89. The number of aromatic nitrogens is 4. The van der Waals surface area contributed by atoms with Gasteiger partial charge in [-0.25, -0.2) is 15.0 Å². The zero-order valence-corrected chi connectivity index (χ0v) is 14.1. The molecule has 0 aliphatic carbocycles. The molecule has 0 bridgehead atoms. The van der Waals surface area contributed by atoms with Crippen molar-refractivity contribution in [3.63, 3.8) is 0 Å². The van der Waals surface area contributed by atoms with Gasteiger partial charge in [0.1, 0.15) is 5.52 Å². The summed E-state index contributed by atoms with van der Waals surface area (Å²) in [6.07, 6.45) is 1.73. The Bertz CT molecular complexity index is 819. The normalized spacial score (nSPS) is 11.0. The number of hydrogen-bond acceptors (Lipinski definition) is 6. The Morgan fingerprint density at radius 3 is 2.91 bits per heavy atom. The van der Waals surface area contributed by atoms with Gasteiger partial charge in [0, 0.05) is 18.1 Å². The van der Waals surface area contributed by atoms with E-state index in [-0.39, 0.29) is 11.7 Å². The lowest BCUT2D eigenvalue weighted by Gasteiger charge is -2.02. The molecule has 3 heterocycles. The third kappa shape index (κ3) is 2.97. The average Bonchev–Trinajstić information content (AvgIpc) is 2.98. The van der Waals surface area contributed by atoms with Crippen molar-refractivity contribution in [3.8, 4) is 0 Å². The summed E-state index contributed by atoms with van der Waals surface area (Å²) in [4.78, 5) is 26.2. The summed E-state index contributed by atoms with van der Waals surface area (Å²) in [6, 6.07) is 3.76. The minimum Gasteiger partial charge on any atom is -0.307 e. The first-order valence-electron chi connectivity index (χ1n) is 6.68. The van der Waals surface area contributed by atoms with Gasteiger partial charge < -0.3 is 9.88 Å². The molecule has 0 aliphatic heterocycles. The fraction of sp³-hybridized carbons (Fsp3) is 0.286. The van der Waals surface area contributed by atoms with Gasteiger partial charge in [0.2, 0.25) is 5.91 Å². The number of amides is 1. The van der Waals surface area contributed by atoms with E-state index in [1.165, 1.54) is 23.1 Å². The van der Waals surface area contributed by atoms with Crippen LogP contribution in [0.4, 0.5) is 5.13 Å². The van der Waals surface area contributed by atoms with E-state index in [9.17, 15) is 4.79 Å². The first-order valence-corrected chi connectivity index (χ1v) is 8.49. The molecule has 22 heavy (non-hydrogen) atoms. The van der Waals surface area contributed by atoms with E-state index < -0.39 is 0 Å². The number of anilines is 1. The molecule has 3 aromatic rings. The number of thioether (sulfide) groups is 1. The Balaban J connectivity index is 1.66. The first kappa shape index (κ1) is 15.0. The predicted molar refractivity (Wildman–Crippen MR) is 89.5 cm³/mol. The summed E-state index contributed by atoms with van der Waals surface area (Å²) in [5.74, 6) is 0.202. The van der Waals surface area contributed by atoms with Crippen molar-refractivity contribution in [2.75, 3.05) is 11.1 Å². The van der Waals surface area contributed by atoms with Crippen LogP contribution in [0.1, 0.15) is 10.6 Å². The van der Waals surface area contributed by atoms with E-state index in [1.807, 2.05) is 37.6 Å². The van der Waals surface area contributed by atoms with Crippen LogP contribution in [0.15, 0.2) is 23.5 Å². The Labute approximate surface area is 136 Å². The van der Waals surface area contributed by atoms with Gasteiger partial charge in [0.25, 0.3) is 0 Å². The zero-order valence-electron chi connectivity index (χ0n) is 12.5. The van der Waals surface area contributed by atoms with Crippen molar-refractivity contribution in [2.24, 2.45) is 7.05 Å². The average molecular weight is 333 g/mol. The number of carbonyl (C=O) groups is 1. The maximum absolute atomic E-state index is 12.0. The fourth-order valence-corrected chi connectivity index (χ4v) is 3.55. The number of fused-ring (bicyclic) bond motifs is 1. The molecule has 0 spiro atoms. The lowest BCUT2D eigenvalue weighted by atomic mass is 10.4. The highest BCUT2D eigenvalue weighted by Gasteiger charge is 2.12. The number of nitrogens with one attached hydrogen (secondary N) is 1. The highest BCUT2D eigenvalue weighted by Crippen LogP contribution is 2.23. The van der Waals surface area contributed by atoms with Gasteiger partial charge in [-0.05, 0) is 26.0 Å². The van der Waals surface area contributed by atoms with Gasteiger partial charge in [-0.15, -0.1) is 11.3 Å². The van der Waals surface area contributed by atoms with Crippen LogP contribution in [0.2, 0.25) is 0 Å². The number of rotatable bonds is 4. The van der Waals surface area contributed by atoms with E-state index in [2.05, 4.69) is 20.3 Å². The SMILES string of the molecule is Cc1nc(NC(=O)CSc2nc3cccnc3n2C)sc1C. The molecule has 0 unspecified atom stereocenters. The molecule has 0 radical (unpaired) electrons. The quantitative estimate of drug-likeness (QED) is 0.743. The maximum atomic E-state index is 12.0. The van der Waals surface area contributed by atoms with Crippen molar-refractivity contribution < 1.29 is 4.79 Å². The minimum atomic E-state index is -0.0845. The molecule has 0 fully saturated rings. The zero-order chi connectivity index (χ0) is 15.7. The highest BCUT2D eigenvalue weighted by atomic mass is 32.2. The van der Waals surface area contributed by atoms with Gasteiger partial charge >= 0.3 is 0 Å². The Kier molecular flexibility index (Phi) is 4.12. The Morgan fingerprint density at radius 1 is 1.41 bits per heavy atom. The summed E-state index contributed by atoms with van der Waals surface area (Å²) >= 11 is 2.88. The molecule has 6 nitrogen and oxygen atoms in total. The smallest absolute Gasteiger partial charge is 0.236 e. The number of aryl methyl sites for hydroxylation is 3. The monoisotopic (exact) mass is 333 g/mol. The van der Waals surface area contributed by atoms with Gasteiger partial charge in [-0.3, -0.25) is 4.79 Å². The number of thiazole rings is 1. The second kappa shape index (κ2) is 6.05. The molecule has 3 aromatic heterocycles. The molecule has 1 amide bonds. The number of nitrogens with zero attached hydrogens (tertiary/aromatic N) is 4. The highest BCUT2D eigenvalue weighted by molar-refractivity contribution is 7.99. The van der Waals surface area contributed by atoms with Crippen LogP contribution in [-0.2, 0) is 11.8 Å². The van der Waals surface area contributed by atoms with Gasteiger partial charge in [-0.1, -0.05) is 11.8 Å². The largest absolute Gasteiger partial charge is 0.307 e. The van der Waals surface area contributed by atoms with Crippen molar-refractivity contribution in [3.05, 3.63) is 28.9 Å². The third-order valence-electron chi connectivity index (χ3n) is 3.19. The fourth-order valence-electron chi connectivity index (χ4n) is 1.94. The summed E-state index contributed by atoms with van der Waals surface area (Å²) in [6.45, 7) is 3.92. The van der Waals surface area contributed by atoms with Crippen molar-refractivity contribution in [2.45, 2.75) is 19.0 Å². The molecule has 0 saturated carbocycles. The summed E-state index contributed by atoms with van der Waals surface area (Å²) in [5.41, 5.74) is 2.60. The van der Waals surface area contributed by atoms with E-state index >= 15 is 0 Å². The van der Waals surface area contributed by atoms with Crippen molar-refractivity contribution in [1.29, 1.82) is 0 Å². The van der Waals surface area contributed by atoms with Crippen LogP contribution in [0.3, 0.4) is 0 Å². The maximum Gasteiger partial charge on any atom is 0.236 e. The van der Waals surface area contributed by atoms with Crippen LogP contribution in [0, 0.1) is 13.8 Å². The lowest BCUT2D eigenvalue weighted by molar-refractivity contribution is -0.113. The van der Waals surface area contributed by atoms with Crippen molar-refractivity contribution in [1.82, 2.24) is 19.5 Å². The standard InChI is InChI=1S/C14H15N5OS2/c1-8-9(2)22-13(16-8)18-11(20)7-21-14-17-10-5-4-6-15-12(10)19(14)3/h4-6H,7H2,1-3H3,(H,16,18,20). The molecule has 3 rings (SSSR count). The molecule has 1 N–H and O–H groups in total. The number of imidazole rings is 1. The second-order valence-corrected chi connectivity index (χ2v) is 6.94.